The molecule has 0 aliphatic carbocycles. The molecule has 0 radical (unpaired) electrons. The van der Waals surface area contributed by atoms with Crippen molar-refractivity contribution in [1.29, 1.82) is 0 Å². The maximum absolute atomic E-state index is 12.0. The fourth-order valence-corrected chi connectivity index (χ4v) is 2.20. The van der Waals surface area contributed by atoms with E-state index >= 15 is 0 Å². The van der Waals surface area contributed by atoms with Gasteiger partial charge in [0.15, 0.2) is 0 Å². The van der Waals surface area contributed by atoms with E-state index in [1.165, 1.54) is 0 Å². The van der Waals surface area contributed by atoms with E-state index < -0.39 is 0 Å². The lowest BCUT2D eigenvalue weighted by Gasteiger charge is -2.20. The molecule has 0 saturated heterocycles. The zero-order chi connectivity index (χ0) is 17.9. The Labute approximate surface area is 145 Å². The number of nitrogens with zero attached hydrogens (tertiary/aromatic N) is 2. The number of likely N-dealkylation sites (N-methyl/N-ethyl adjacent to an activating group) is 1. The molecule has 24 heavy (non-hydrogen) atoms. The molecule has 0 atom stereocenters. The highest BCUT2D eigenvalue weighted by molar-refractivity contribution is 5.85. The Balaban J connectivity index is 2.43. The molecule has 0 fully saturated rings. The molecule has 0 bridgehead atoms. The summed E-state index contributed by atoms with van der Waals surface area (Å²) in [4.78, 5) is 27.6. The summed E-state index contributed by atoms with van der Waals surface area (Å²) in [5.41, 5.74) is 2.31. The minimum Gasteiger partial charge on any atom is -0.378 e. The van der Waals surface area contributed by atoms with Crippen LogP contribution in [0.25, 0.3) is 0 Å². The molecule has 0 aliphatic rings. The van der Waals surface area contributed by atoms with Crippen LogP contribution in [0.15, 0.2) is 24.3 Å². The number of rotatable bonds is 10. The minimum atomic E-state index is -0.146. The Morgan fingerprint density at radius 3 is 2.21 bits per heavy atom. The topological polar surface area (TPSA) is 64.7 Å². The summed E-state index contributed by atoms with van der Waals surface area (Å²) in [6.07, 6.45) is 0.885. The Hall–Kier alpha value is -2.08. The van der Waals surface area contributed by atoms with Crippen LogP contribution in [0, 0.1) is 0 Å². The molecule has 134 valence electrons. The summed E-state index contributed by atoms with van der Waals surface area (Å²) < 4.78 is 0. The monoisotopic (exact) mass is 334 g/mol. The highest BCUT2D eigenvalue weighted by atomic mass is 16.2. The van der Waals surface area contributed by atoms with Crippen LogP contribution < -0.4 is 15.5 Å². The first-order valence-electron chi connectivity index (χ1n) is 8.48. The molecule has 0 heterocycles. The molecule has 0 saturated carbocycles. The first kappa shape index (κ1) is 20.0. The van der Waals surface area contributed by atoms with Gasteiger partial charge >= 0.3 is 0 Å². The lowest BCUT2D eigenvalue weighted by Crippen LogP contribution is -2.42. The van der Waals surface area contributed by atoms with E-state index in [4.69, 9.17) is 0 Å². The average Bonchev–Trinajstić information content (AvgIpc) is 2.57. The quantitative estimate of drug-likeness (QED) is 0.675. The van der Waals surface area contributed by atoms with E-state index in [-0.39, 0.29) is 24.9 Å². The van der Waals surface area contributed by atoms with E-state index in [1.807, 2.05) is 32.8 Å². The number of nitrogens with one attached hydrogen (secondary N) is 2. The third kappa shape index (κ3) is 7.46. The summed E-state index contributed by atoms with van der Waals surface area (Å²) >= 11 is 0. The number of anilines is 1. The van der Waals surface area contributed by atoms with Gasteiger partial charge in [0.1, 0.15) is 0 Å². The maximum atomic E-state index is 12.0. The van der Waals surface area contributed by atoms with E-state index in [9.17, 15) is 9.59 Å². The summed E-state index contributed by atoms with van der Waals surface area (Å²) in [5.74, 6) is -0.277. The van der Waals surface area contributed by atoms with Crippen molar-refractivity contribution < 1.29 is 9.59 Å². The molecule has 6 nitrogen and oxygen atoms in total. The lowest BCUT2D eigenvalue weighted by atomic mass is 10.2. The van der Waals surface area contributed by atoms with Crippen LogP contribution in [0.1, 0.15) is 25.8 Å². The van der Waals surface area contributed by atoms with E-state index in [0.29, 0.717) is 13.1 Å². The number of hydrogen-bond donors (Lipinski definition) is 2. The third-order valence-corrected chi connectivity index (χ3v) is 3.69. The summed E-state index contributed by atoms with van der Waals surface area (Å²) in [6.45, 7) is 6.45. The normalized spacial score (nSPS) is 10.5. The van der Waals surface area contributed by atoms with Crippen molar-refractivity contribution in [2.75, 3.05) is 45.2 Å². The van der Waals surface area contributed by atoms with Crippen molar-refractivity contribution in [3.05, 3.63) is 29.8 Å². The highest BCUT2D eigenvalue weighted by Gasteiger charge is 2.11. The summed E-state index contributed by atoms with van der Waals surface area (Å²) in [6, 6.07) is 8.30. The molecule has 2 N–H and O–H groups in total. The number of amides is 2. The molecule has 0 aromatic heterocycles. The predicted octanol–water partition coefficient (Wildman–Crippen LogP) is 1.22. The van der Waals surface area contributed by atoms with Crippen LogP contribution in [-0.4, -0.2) is 57.0 Å². The van der Waals surface area contributed by atoms with Crippen molar-refractivity contribution in [3.63, 3.8) is 0 Å². The van der Waals surface area contributed by atoms with Gasteiger partial charge in [0.25, 0.3) is 0 Å². The molecule has 0 unspecified atom stereocenters. The largest absolute Gasteiger partial charge is 0.378 e. The van der Waals surface area contributed by atoms with Crippen LogP contribution in [0.4, 0.5) is 5.69 Å². The van der Waals surface area contributed by atoms with Gasteiger partial charge in [-0.2, -0.15) is 0 Å². The molecule has 6 heteroatoms. The minimum absolute atomic E-state index is 0.0356. The molecule has 1 rings (SSSR count). The second-order valence-electron chi connectivity index (χ2n) is 5.99. The number of benzene rings is 1. The highest BCUT2D eigenvalue weighted by Crippen LogP contribution is 2.13. The smallest absolute Gasteiger partial charge is 0.239 e. The summed E-state index contributed by atoms with van der Waals surface area (Å²) in [5, 5.41) is 5.40. The van der Waals surface area contributed by atoms with Gasteiger partial charge in [0.05, 0.1) is 13.1 Å². The van der Waals surface area contributed by atoms with Crippen molar-refractivity contribution in [3.8, 4) is 0 Å². The van der Waals surface area contributed by atoms with Gasteiger partial charge in [0.2, 0.25) is 11.8 Å². The van der Waals surface area contributed by atoms with Gasteiger partial charge in [-0.3, -0.25) is 14.5 Å². The lowest BCUT2D eigenvalue weighted by molar-refractivity contribution is -0.126. The van der Waals surface area contributed by atoms with Gasteiger partial charge in [-0.1, -0.05) is 26.0 Å². The molecule has 2 amide bonds. The number of hydrogen-bond acceptors (Lipinski definition) is 4. The average molecular weight is 334 g/mol. The Morgan fingerprint density at radius 1 is 1.00 bits per heavy atom. The van der Waals surface area contributed by atoms with Crippen molar-refractivity contribution in [2.24, 2.45) is 0 Å². The van der Waals surface area contributed by atoms with Crippen LogP contribution in [0.2, 0.25) is 0 Å². The third-order valence-electron chi connectivity index (χ3n) is 3.69. The predicted molar refractivity (Wildman–Crippen MR) is 98.0 cm³/mol. The number of carbonyl (C=O) groups is 2. The molecule has 1 aromatic rings. The van der Waals surface area contributed by atoms with Crippen LogP contribution in [-0.2, 0) is 16.1 Å². The first-order valence-corrected chi connectivity index (χ1v) is 8.48. The fourth-order valence-electron chi connectivity index (χ4n) is 2.20. The second kappa shape index (κ2) is 10.6. The molecular formula is C18H30N4O2. The van der Waals surface area contributed by atoms with Gasteiger partial charge in [-0.05, 0) is 30.7 Å². The van der Waals surface area contributed by atoms with Gasteiger partial charge in [0, 0.05) is 32.9 Å². The zero-order valence-corrected chi connectivity index (χ0v) is 15.3. The zero-order valence-electron chi connectivity index (χ0n) is 15.3. The standard InChI is InChI=1S/C18H30N4O2/c1-5-11-19-17(23)12-20-18(24)14-22(6-2)13-15-7-9-16(10-8-15)21(3)4/h7-10H,5-6,11-14H2,1-4H3,(H,19,23)(H,20,24). The van der Waals surface area contributed by atoms with Crippen LogP contribution in [0.5, 0.6) is 0 Å². The Morgan fingerprint density at radius 2 is 1.67 bits per heavy atom. The van der Waals surface area contributed by atoms with Crippen LogP contribution in [0.3, 0.4) is 0 Å². The second-order valence-corrected chi connectivity index (χ2v) is 5.99. The molecule has 0 spiro atoms. The van der Waals surface area contributed by atoms with Gasteiger partial charge < -0.3 is 15.5 Å². The van der Waals surface area contributed by atoms with Crippen molar-refractivity contribution in [2.45, 2.75) is 26.8 Å². The first-order chi connectivity index (χ1) is 11.5. The van der Waals surface area contributed by atoms with Crippen LogP contribution >= 0.6 is 0 Å². The van der Waals surface area contributed by atoms with Crippen molar-refractivity contribution >= 4 is 17.5 Å². The molecule has 0 aliphatic heterocycles. The molecule has 1 aromatic carbocycles. The van der Waals surface area contributed by atoms with E-state index in [0.717, 1.165) is 24.2 Å². The molecular weight excluding hydrogens is 304 g/mol. The van der Waals surface area contributed by atoms with E-state index in [2.05, 4.69) is 39.8 Å². The maximum Gasteiger partial charge on any atom is 0.239 e. The summed E-state index contributed by atoms with van der Waals surface area (Å²) in [7, 11) is 4.02. The Kier molecular flexibility index (Phi) is 8.86. The number of carbonyl (C=O) groups excluding carboxylic acids is 2. The van der Waals surface area contributed by atoms with Gasteiger partial charge in [-0.15, -0.1) is 0 Å². The van der Waals surface area contributed by atoms with Crippen molar-refractivity contribution in [1.82, 2.24) is 15.5 Å². The fraction of sp³-hybridized carbons (Fsp3) is 0.556. The van der Waals surface area contributed by atoms with E-state index in [1.54, 1.807) is 0 Å². The van der Waals surface area contributed by atoms with Gasteiger partial charge in [-0.25, -0.2) is 0 Å². The SMILES string of the molecule is CCCNC(=O)CNC(=O)CN(CC)Cc1ccc(N(C)C)cc1. The Bertz CT molecular complexity index is 514.